The van der Waals surface area contributed by atoms with Gasteiger partial charge in [0, 0.05) is 10.9 Å². The number of carbonyl (C=O) groups excluding carboxylic acids is 2. The number of ether oxygens (including phenoxy) is 1. The second kappa shape index (κ2) is 8.41. The predicted molar refractivity (Wildman–Crippen MR) is 102 cm³/mol. The molecule has 0 fully saturated rings. The fourth-order valence-corrected chi connectivity index (χ4v) is 3.24. The zero-order valence-corrected chi connectivity index (χ0v) is 16.9. The number of amides is 1. The summed E-state index contributed by atoms with van der Waals surface area (Å²) in [4.78, 5) is 26.9. The molecule has 2 aromatic carbocycles. The Kier molecular flexibility index (Phi) is 6.14. The van der Waals surface area contributed by atoms with Crippen molar-refractivity contribution in [3.8, 4) is 0 Å². The van der Waals surface area contributed by atoms with Crippen LogP contribution < -0.4 is 5.32 Å². The second-order valence-corrected chi connectivity index (χ2v) is 7.11. The van der Waals surface area contributed by atoms with Crippen molar-refractivity contribution in [1.82, 2.24) is 10.3 Å². The van der Waals surface area contributed by atoms with Gasteiger partial charge in [-0.15, -0.1) is 0 Å². The average Bonchev–Trinajstić information content (AvgIpc) is 3.12. The van der Waals surface area contributed by atoms with Crippen molar-refractivity contribution >= 4 is 22.8 Å². The van der Waals surface area contributed by atoms with Crippen LogP contribution in [0.3, 0.4) is 0 Å². The van der Waals surface area contributed by atoms with Gasteiger partial charge in [0.15, 0.2) is 6.04 Å². The Morgan fingerprint density at radius 3 is 2.27 bits per heavy atom. The van der Waals surface area contributed by atoms with E-state index in [-0.39, 0.29) is 23.4 Å². The van der Waals surface area contributed by atoms with Crippen LogP contribution >= 0.6 is 0 Å². The molecule has 0 saturated carbocycles. The van der Waals surface area contributed by atoms with E-state index < -0.39 is 47.2 Å². The Hall–Kier alpha value is -3.57. The van der Waals surface area contributed by atoms with Gasteiger partial charge >= 0.3 is 18.3 Å². The van der Waals surface area contributed by atoms with Crippen molar-refractivity contribution in [3.05, 3.63) is 70.2 Å². The van der Waals surface area contributed by atoms with Crippen molar-refractivity contribution in [3.63, 3.8) is 0 Å². The molecule has 3 rings (SSSR count). The number of nitrogens with one attached hydrogen (secondary N) is 2. The van der Waals surface area contributed by atoms with Gasteiger partial charge in [-0.05, 0) is 48.4 Å². The van der Waals surface area contributed by atoms with Crippen molar-refractivity contribution < 1.29 is 45.1 Å². The maximum atomic E-state index is 13.6. The second-order valence-electron chi connectivity index (χ2n) is 7.11. The lowest BCUT2D eigenvalue weighted by Gasteiger charge is -2.23. The fourth-order valence-electron chi connectivity index (χ4n) is 3.24. The van der Waals surface area contributed by atoms with E-state index in [4.69, 9.17) is 0 Å². The number of rotatable bonds is 4. The number of halogens is 7. The first-order chi connectivity index (χ1) is 15.2. The monoisotopic (exact) mass is 476 g/mol. The van der Waals surface area contributed by atoms with E-state index in [1.807, 2.05) is 0 Å². The molecule has 0 saturated heterocycles. The highest BCUT2D eigenvalue weighted by Gasteiger charge is 2.44. The van der Waals surface area contributed by atoms with Gasteiger partial charge in [-0.3, -0.25) is 4.79 Å². The molecule has 1 aromatic heterocycles. The minimum Gasteiger partial charge on any atom is -0.465 e. The first-order valence-electron chi connectivity index (χ1n) is 9.18. The third-order valence-electron chi connectivity index (χ3n) is 4.85. The standard InChI is InChI=1S/C21H15F7N2O3/c1-9-5-15-11(6-12(9)19(32)33-2)8-16(29-15)18(31)30-17(21(26,27)28)10-3-4-14(22)13(7-10)20(23,24)25/h3-8,17,29H,1-2H3,(H,30,31). The number of alkyl halides is 6. The van der Waals surface area contributed by atoms with Crippen LogP contribution in [0.15, 0.2) is 36.4 Å². The zero-order chi connectivity index (χ0) is 24.7. The molecule has 1 unspecified atom stereocenters. The quantitative estimate of drug-likeness (QED) is 0.389. The van der Waals surface area contributed by atoms with Gasteiger partial charge < -0.3 is 15.0 Å². The van der Waals surface area contributed by atoms with Gasteiger partial charge in [0.1, 0.15) is 11.5 Å². The summed E-state index contributed by atoms with van der Waals surface area (Å²) in [6.07, 6.45) is -10.4. The molecule has 0 aliphatic heterocycles. The van der Waals surface area contributed by atoms with Crippen molar-refractivity contribution in [2.24, 2.45) is 0 Å². The molecule has 1 atom stereocenters. The first kappa shape index (κ1) is 24.1. The number of benzene rings is 2. The van der Waals surface area contributed by atoms with Crippen molar-refractivity contribution in [2.45, 2.75) is 25.3 Å². The topological polar surface area (TPSA) is 71.2 Å². The van der Waals surface area contributed by atoms with Crippen LogP contribution in [0.25, 0.3) is 10.9 Å². The van der Waals surface area contributed by atoms with Crippen LogP contribution in [0.2, 0.25) is 0 Å². The Labute approximate surface area is 181 Å². The van der Waals surface area contributed by atoms with Gasteiger partial charge in [0.25, 0.3) is 5.91 Å². The normalized spacial score (nSPS) is 13.1. The number of hydrogen-bond acceptors (Lipinski definition) is 3. The molecule has 3 aromatic rings. The molecule has 0 spiro atoms. The molecule has 33 heavy (non-hydrogen) atoms. The van der Waals surface area contributed by atoms with Crippen LogP contribution in [0.1, 0.15) is 43.6 Å². The van der Waals surface area contributed by atoms with Gasteiger partial charge in [-0.1, -0.05) is 6.07 Å². The van der Waals surface area contributed by atoms with Gasteiger partial charge in [0.05, 0.1) is 18.2 Å². The summed E-state index contributed by atoms with van der Waals surface area (Å²) in [7, 11) is 1.17. The molecular weight excluding hydrogens is 461 g/mol. The van der Waals surface area contributed by atoms with E-state index in [1.54, 1.807) is 12.2 Å². The third-order valence-corrected chi connectivity index (χ3v) is 4.85. The summed E-state index contributed by atoms with van der Waals surface area (Å²) >= 11 is 0. The summed E-state index contributed by atoms with van der Waals surface area (Å²) in [5.41, 5.74) is -2.24. The maximum Gasteiger partial charge on any atom is 0.419 e. The number of H-pyrrole nitrogens is 1. The lowest BCUT2D eigenvalue weighted by atomic mass is 10.0. The summed E-state index contributed by atoms with van der Waals surface area (Å²) in [6.45, 7) is 1.58. The van der Waals surface area contributed by atoms with E-state index in [0.717, 1.165) is 0 Å². The Morgan fingerprint density at radius 2 is 1.70 bits per heavy atom. The molecule has 0 radical (unpaired) electrons. The SMILES string of the molecule is COC(=O)c1cc2cc(C(=O)NC(c3ccc(F)c(C(F)(F)F)c3)C(F)(F)F)[nH]c2cc1C. The highest BCUT2D eigenvalue weighted by molar-refractivity contribution is 6.01. The maximum absolute atomic E-state index is 13.6. The fraction of sp³-hybridized carbons (Fsp3) is 0.238. The van der Waals surface area contributed by atoms with Crippen LogP contribution in [-0.2, 0) is 10.9 Å². The molecule has 1 heterocycles. The molecular formula is C21H15F7N2O3. The lowest BCUT2D eigenvalue weighted by Crippen LogP contribution is -2.38. The van der Waals surface area contributed by atoms with E-state index >= 15 is 0 Å². The summed E-state index contributed by atoms with van der Waals surface area (Å²) in [5, 5.41) is 1.95. The van der Waals surface area contributed by atoms with E-state index in [9.17, 15) is 40.3 Å². The number of fused-ring (bicyclic) bond motifs is 1. The first-order valence-corrected chi connectivity index (χ1v) is 9.18. The predicted octanol–water partition coefficient (Wildman–Crippen LogP) is 5.45. The smallest absolute Gasteiger partial charge is 0.419 e. The number of aromatic nitrogens is 1. The minimum atomic E-state index is -5.23. The number of aromatic amines is 1. The number of carbonyl (C=O) groups is 2. The highest BCUT2D eigenvalue weighted by Crippen LogP contribution is 2.37. The molecule has 0 aliphatic carbocycles. The molecule has 5 nitrogen and oxygen atoms in total. The number of esters is 1. The number of hydrogen-bond donors (Lipinski definition) is 2. The van der Waals surface area contributed by atoms with Crippen LogP contribution in [0.4, 0.5) is 30.7 Å². The van der Waals surface area contributed by atoms with Crippen LogP contribution in [0.5, 0.6) is 0 Å². The molecule has 0 aliphatic rings. The van der Waals surface area contributed by atoms with E-state index in [2.05, 4.69) is 9.72 Å². The largest absolute Gasteiger partial charge is 0.465 e. The number of methoxy groups -OCH3 is 1. The molecule has 1 amide bonds. The third kappa shape index (κ3) is 4.94. The molecule has 2 N–H and O–H groups in total. The van der Waals surface area contributed by atoms with E-state index in [0.29, 0.717) is 22.5 Å². The average molecular weight is 476 g/mol. The molecule has 12 heteroatoms. The molecule has 0 bridgehead atoms. The van der Waals surface area contributed by atoms with E-state index in [1.165, 1.54) is 25.3 Å². The van der Waals surface area contributed by atoms with Gasteiger partial charge in [0.2, 0.25) is 0 Å². The highest BCUT2D eigenvalue weighted by atomic mass is 19.4. The lowest BCUT2D eigenvalue weighted by molar-refractivity contribution is -0.156. The van der Waals surface area contributed by atoms with Crippen molar-refractivity contribution in [1.29, 1.82) is 0 Å². The Balaban J connectivity index is 1.98. The minimum absolute atomic E-state index is 0.00493. The van der Waals surface area contributed by atoms with Gasteiger partial charge in [-0.25, -0.2) is 9.18 Å². The Morgan fingerprint density at radius 1 is 1.03 bits per heavy atom. The van der Waals surface area contributed by atoms with Crippen LogP contribution in [-0.4, -0.2) is 30.1 Å². The van der Waals surface area contributed by atoms with Crippen molar-refractivity contribution in [2.75, 3.05) is 7.11 Å². The Bertz CT molecular complexity index is 1230. The summed E-state index contributed by atoms with van der Waals surface area (Å²) in [5.74, 6) is -3.68. The zero-order valence-electron chi connectivity index (χ0n) is 16.9. The molecule has 176 valence electrons. The number of aryl methyl sites for hydroxylation is 1. The summed E-state index contributed by atoms with van der Waals surface area (Å²) < 4.78 is 97.7. The van der Waals surface area contributed by atoms with Crippen LogP contribution in [0, 0.1) is 12.7 Å². The summed E-state index contributed by atoms with van der Waals surface area (Å²) in [6, 6.07) is 1.96. The van der Waals surface area contributed by atoms with Gasteiger partial charge in [-0.2, -0.15) is 26.3 Å².